The Morgan fingerprint density at radius 2 is 1.51 bits per heavy atom. The minimum atomic E-state index is -3.55. The van der Waals surface area contributed by atoms with E-state index in [1.165, 1.54) is 10.6 Å². The van der Waals surface area contributed by atoms with Gasteiger partial charge in [0.2, 0.25) is 21.8 Å². The molecule has 0 aliphatic rings. The van der Waals surface area contributed by atoms with Crippen LogP contribution in [0.4, 0.5) is 5.69 Å². The molecule has 3 aromatic rings. The first kappa shape index (κ1) is 31.9. The third-order valence-corrected chi connectivity index (χ3v) is 8.46. The van der Waals surface area contributed by atoms with Crippen LogP contribution in [0.2, 0.25) is 0 Å². The topological polar surface area (TPSA) is 86.8 Å². The molecule has 0 bridgehead atoms. The smallest absolute Gasteiger partial charge is 0.243 e. The number of para-hydroxylation sites is 1. The number of amides is 2. The lowest BCUT2D eigenvalue weighted by atomic mass is 10.0. The Bertz CT molecular complexity index is 1390. The molecular formula is C33H43N3O4S. The first-order chi connectivity index (χ1) is 19.5. The molecule has 0 fully saturated rings. The number of hydrogen-bond donors (Lipinski definition) is 1. The molecule has 41 heavy (non-hydrogen) atoms. The molecule has 220 valence electrons. The standard InChI is InChI=1S/C33H43N3O4S/c1-6-27(4)34-33(38)31(23-28-14-8-7-9-15-28)35(24-29-20-18-25(2)19-21-29)32(37)17-12-22-36(41(5,39)40)30-16-11-10-13-26(30)3/h7-11,13-16,18-21,27,31H,6,12,17,22-24H2,1-5H3,(H,34,38)/t27-,31-/m0/s1. The quantitative estimate of drug-likeness (QED) is 0.278. The number of carbonyl (C=O) groups is 2. The summed E-state index contributed by atoms with van der Waals surface area (Å²) in [6, 6.07) is 24.2. The Morgan fingerprint density at radius 3 is 2.12 bits per heavy atom. The fourth-order valence-corrected chi connectivity index (χ4v) is 5.73. The van der Waals surface area contributed by atoms with Crippen LogP contribution in [0.5, 0.6) is 0 Å². The Hall–Kier alpha value is -3.65. The predicted octanol–water partition coefficient (Wildman–Crippen LogP) is 5.40. The monoisotopic (exact) mass is 577 g/mol. The van der Waals surface area contributed by atoms with Gasteiger partial charge in [0.15, 0.2) is 0 Å². The van der Waals surface area contributed by atoms with Gasteiger partial charge in [-0.05, 0) is 56.4 Å². The van der Waals surface area contributed by atoms with Crippen LogP contribution in [-0.4, -0.2) is 50.0 Å². The molecule has 7 nitrogen and oxygen atoms in total. The van der Waals surface area contributed by atoms with E-state index in [4.69, 9.17) is 0 Å². The minimum Gasteiger partial charge on any atom is -0.352 e. The Morgan fingerprint density at radius 1 is 0.878 bits per heavy atom. The maximum absolute atomic E-state index is 13.9. The summed E-state index contributed by atoms with van der Waals surface area (Å²) in [4.78, 5) is 29.2. The van der Waals surface area contributed by atoms with Crippen LogP contribution in [-0.2, 0) is 32.6 Å². The number of benzene rings is 3. The largest absolute Gasteiger partial charge is 0.352 e. The molecule has 0 spiro atoms. The van der Waals surface area contributed by atoms with E-state index in [0.29, 0.717) is 18.5 Å². The summed E-state index contributed by atoms with van der Waals surface area (Å²) in [7, 11) is -3.55. The molecule has 1 N–H and O–H groups in total. The highest BCUT2D eigenvalue weighted by atomic mass is 32.2. The van der Waals surface area contributed by atoms with Crippen molar-refractivity contribution >= 4 is 27.5 Å². The van der Waals surface area contributed by atoms with E-state index >= 15 is 0 Å². The van der Waals surface area contributed by atoms with Crippen molar-refractivity contribution in [3.05, 3.63) is 101 Å². The Labute approximate surface area is 245 Å². The lowest BCUT2D eigenvalue weighted by molar-refractivity contribution is -0.141. The van der Waals surface area contributed by atoms with Crippen molar-refractivity contribution in [2.24, 2.45) is 0 Å². The Balaban J connectivity index is 1.89. The number of rotatable bonds is 14. The van der Waals surface area contributed by atoms with Gasteiger partial charge in [0, 0.05) is 32.0 Å². The molecule has 8 heteroatoms. The van der Waals surface area contributed by atoms with Crippen molar-refractivity contribution in [3.63, 3.8) is 0 Å². The molecule has 0 unspecified atom stereocenters. The summed E-state index contributed by atoms with van der Waals surface area (Å²) in [5.41, 5.74) is 4.44. The molecular weight excluding hydrogens is 534 g/mol. The Kier molecular flexibility index (Phi) is 11.5. The zero-order chi connectivity index (χ0) is 30.0. The van der Waals surface area contributed by atoms with Gasteiger partial charge in [-0.25, -0.2) is 8.42 Å². The van der Waals surface area contributed by atoms with Crippen molar-refractivity contribution in [2.45, 2.75) is 72.0 Å². The van der Waals surface area contributed by atoms with E-state index < -0.39 is 16.1 Å². The molecule has 2 amide bonds. The van der Waals surface area contributed by atoms with Gasteiger partial charge in [0.1, 0.15) is 6.04 Å². The summed E-state index contributed by atoms with van der Waals surface area (Å²) in [5, 5.41) is 3.08. The van der Waals surface area contributed by atoms with Gasteiger partial charge < -0.3 is 10.2 Å². The van der Waals surface area contributed by atoms with Crippen LogP contribution in [0.1, 0.15) is 55.4 Å². The summed E-state index contributed by atoms with van der Waals surface area (Å²) in [6.07, 6.45) is 2.75. The fourth-order valence-electron chi connectivity index (χ4n) is 4.71. The summed E-state index contributed by atoms with van der Waals surface area (Å²) >= 11 is 0. The van der Waals surface area contributed by atoms with E-state index in [1.54, 1.807) is 17.0 Å². The second-order valence-electron chi connectivity index (χ2n) is 10.8. The second kappa shape index (κ2) is 14.8. The zero-order valence-electron chi connectivity index (χ0n) is 24.8. The van der Waals surface area contributed by atoms with Crippen LogP contribution < -0.4 is 9.62 Å². The third-order valence-electron chi connectivity index (χ3n) is 7.28. The summed E-state index contributed by atoms with van der Waals surface area (Å²) < 4.78 is 26.7. The highest BCUT2D eigenvalue weighted by molar-refractivity contribution is 7.92. The van der Waals surface area contributed by atoms with Gasteiger partial charge in [0.05, 0.1) is 11.9 Å². The van der Waals surface area contributed by atoms with Gasteiger partial charge in [-0.2, -0.15) is 0 Å². The average molecular weight is 578 g/mol. The number of nitrogens with zero attached hydrogens (tertiary/aromatic N) is 2. The molecule has 0 aliphatic heterocycles. The number of carbonyl (C=O) groups excluding carboxylic acids is 2. The first-order valence-electron chi connectivity index (χ1n) is 14.2. The third kappa shape index (κ3) is 9.46. The van der Waals surface area contributed by atoms with Crippen LogP contribution in [0.15, 0.2) is 78.9 Å². The lowest BCUT2D eigenvalue weighted by Gasteiger charge is -2.33. The maximum Gasteiger partial charge on any atom is 0.243 e. The van der Waals surface area contributed by atoms with Crippen molar-refractivity contribution in [1.82, 2.24) is 10.2 Å². The second-order valence-corrected chi connectivity index (χ2v) is 12.7. The van der Waals surface area contributed by atoms with Gasteiger partial charge in [-0.3, -0.25) is 13.9 Å². The molecule has 0 heterocycles. The number of hydrogen-bond acceptors (Lipinski definition) is 4. The number of anilines is 1. The molecule has 2 atom stereocenters. The predicted molar refractivity (Wildman–Crippen MR) is 166 cm³/mol. The van der Waals surface area contributed by atoms with Crippen LogP contribution >= 0.6 is 0 Å². The minimum absolute atomic E-state index is 0.0328. The van der Waals surface area contributed by atoms with Crippen LogP contribution in [0, 0.1) is 13.8 Å². The first-order valence-corrected chi connectivity index (χ1v) is 16.1. The number of nitrogens with one attached hydrogen (secondary N) is 1. The van der Waals surface area contributed by atoms with Gasteiger partial charge >= 0.3 is 0 Å². The molecule has 0 aliphatic carbocycles. The average Bonchev–Trinajstić information content (AvgIpc) is 2.94. The highest BCUT2D eigenvalue weighted by Gasteiger charge is 2.31. The molecule has 0 aromatic heterocycles. The van der Waals surface area contributed by atoms with E-state index in [9.17, 15) is 18.0 Å². The van der Waals surface area contributed by atoms with Gasteiger partial charge in [-0.15, -0.1) is 0 Å². The van der Waals surface area contributed by atoms with Crippen LogP contribution in [0.25, 0.3) is 0 Å². The molecule has 3 rings (SSSR count). The molecule has 0 saturated carbocycles. The normalized spacial score (nSPS) is 12.8. The maximum atomic E-state index is 13.9. The van der Waals surface area contributed by atoms with Gasteiger partial charge in [-0.1, -0.05) is 85.3 Å². The SMILES string of the molecule is CC[C@H](C)NC(=O)[C@H](Cc1ccccc1)N(Cc1ccc(C)cc1)C(=O)CCCN(c1ccccc1C)S(C)(=O)=O. The fraction of sp³-hybridized carbons (Fsp3) is 0.394. The lowest BCUT2D eigenvalue weighted by Crippen LogP contribution is -2.52. The van der Waals surface area contributed by atoms with Crippen molar-refractivity contribution in [2.75, 3.05) is 17.1 Å². The number of sulfonamides is 1. The summed E-state index contributed by atoms with van der Waals surface area (Å²) in [5.74, 6) is -0.384. The van der Waals surface area contributed by atoms with Crippen LogP contribution in [0.3, 0.4) is 0 Å². The number of aryl methyl sites for hydroxylation is 2. The highest BCUT2D eigenvalue weighted by Crippen LogP contribution is 2.23. The molecule has 0 radical (unpaired) electrons. The molecule has 0 saturated heterocycles. The van der Waals surface area contributed by atoms with Crippen molar-refractivity contribution in [1.29, 1.82) is 0 Å². The van der Waals surface area contributed by atoms with E-state index in [-0.39, 0.29) is 37.4 Å². The van der Waals surface area contributed by atoms with E-state index in [0.717, 1.165) is 28.7 Å². The molecule has 3 aromatic carbocycles. The van der Waals surface area contributed by atoms with E-state index in [2.05, 4.69) is 5.32 Å². The van der Waals surface area contributed by atoms with Crippen molar-refractivity contribution < 1.29 is 18.0 Å². The van der Waals surface area contributed by atoms with Crippen molar-refractivity contribution in [3.8, 4) is 0 Å². The summed E-state index contributed by atoms with van der Waals surface area (Å²) in [6.45, 7) is 8.27. The van der Waals surface area contributed by atoms with E-state index in [1.807, 2.05) is 94.4 Å². The zero-order valence-corrected chi connectivity index (χ0v) is 25.7. The van der Waals surface area contributed by atoms with Gasteiger partial charge in [0.25, 0.3) is 0 Å².